The molecule has 0 radical (unpaired) electrons. The number of fused-ring (bicyclic) bond motifs is 1. The van der Waals surface area contributed by atoms with Crippen LogP contribution < -0.4 is 0 Å². The van der Waals surface area contributed by atoms with E-state index in [1.807, 2.05) is 48.5 Å². The highest BCUT2D eigenvalue weighted by atomic mass is 16.5. The molecule has 5 rings (SSSR count). The third-order valence-electron chi connectivity index (χ3n) is 5.66. The van der Waals surface area contributed by atoms with Crippen LogP contribution in [0.4, 0.5) is 0 Å². The molecule has 0 aromatic heterocycles. The van der Waals surface area contributed by atoms with Gasteiger partial charge in [0.15, 0.2) is 5.78 Å². The fourth-order valence-electron chi connectivity index (χ4n) is 4.30. The van der Waals surface area contributed by atoms with Crippen LogP contribution in [0.25, 0.3) is 21.5 Å². The van der Waals surface area contributed by atoms with Gasteiger partial charge in [-0.1, -0.05) is 54.6 Å². The lowest BCUT2D eigenvalue weighted by Gasteiger charge is -2.12. The maximum absolute atomic E-state index is 13.6. The fraction of sp³-hybridized carbons (Fsp3) is 0.120. The summed E-state index contributed by atoms with van der Waals surface area (Å²) in [6, 6.07) is 21.3. The average molecular weight is 366 g/mol. The number of hydrogen-bond donors (Lipinski definition) is 0. The Balaban J connectivity index is 1.76. The molecule has 0 bridgehead atoms. The molecule has 0 amide bonds. The molecule has 0 aliphatic heterocycles. The summed E-state index contributed by atoms with van der Waals surface area (Å²) >= 11 is 0. The van der Waals surface area contributed by atoms with Gasteiger partial charge in [0.25, 0.3) is 0 Å². The van der Waals surface area contributed by atoms with E-state index in [4.69, 9.17) is 4.74 Å². The van der Waals surface area contributed by atoms with Crippen LogP contribution in [0.5, 0.6) is 0 Å². The first-order valence-electron chi connectivity index (χ1n) is 9.36. The van der Waals surface area contributed by atoms with Crippen LogP contribution in [-0.4, -0.2) is 18.9 Å². The van der Waals surface area contributed by atoms with Crippen molar-refractivity contribution in [2.24, 2.45) is 0 Å². The Kier molecular flexibility index (Phi) is 3.76. The van der Waals surface area contributed by atoms with E-state index >= 15 is 0 Å². The Morgan fingerprint density at radius 3 is 2.14 bits per heavy atom. The summed E-state index contributed by atoms with van der Waals surface area (Å²) in [5.74, 6) is -0.651. The molecular weight excluding hydrogens is 348 g/mol. The van der Waals surface area contributed by atoms with Crippen molar-refractivity contribution in [1.29, 1.82) is 0 Å². The molecule has 0 saturated carbocycles. The third-order valence-corrected chi connectivity index (χ3v) is 5.66. The summed E-state index contributed by atoms with van der Waals surface area (Å²) in [7, 11) is 1.34. The van der Waals surface area contributed by atoms with Gasteiger partial charge in [0.1, 0.15) is 0 Å². The Labute approximate surface area is 162 Å². The lowest BCUT2D eigenvalue weighted by molar-refractivity contribution is 0.0597. The molecule has 0 spiro atoms. The molecular formula is C25H18O3. The standard InChI is InChI=1S/C25H18O3/c1-28-25(27)22-14-18-6-3-2-5-17(18)13-21(22)24(26)20-12-11-16-10-9-15-7-4-8-19(20)23(15)16/h2-8,11-14H,9-10H2,1H3. The second-order valence-corrected chi connectivity index (χ2v) is 7.18. The number of ether oxygens (including phenoxy) is 1. The van der Waals surface area contributed by atoms with Gasteiger partial charge in [-0.25, -0.2) is 4.79 Å². The third kappa shape index (κ3) is 2.43. The van der Waals surface area contributed by atoms with E-state index in [9.17, 15) is 9.59 Å². The topological polar surface area (TPSA) is 43.4 Å². The second kappa shape index (κ2) is 6.31. The molecule has 136 valence electrons. The van der Waals surface area contributed by atoms with Gasteiger partial charge in [-0.05, 0) is 57.6 Å². The van der Waals surface area contributed by atoms with Gasteiger partial charge in [0, 0.05) is 11.1 Å². The number of carbonyl (C=O) groups is 2. The molecule has 4 aromatic carbocycles. The van der Waals surface area contributed by atoms with E-state index in [0.29, 0.717) is 16.7 Å². The normalized spacial score (nSPS) is 12.5. The van der Waals surface area contributed by atoms with Crippen molar-refractivity contribution in [1.82, 2.24) is 0 Å². The number of esters is 1. The SMILES string of the molecule is COC(=O)c1cc2ccccc2cc1C(=O)c1ccc2c3c(cccc13)CC2. The molecule has 4 aromatic rings. The van der Waals surface area contributed by atoms with Crippen LogP contribution in [0, 0.1) is 0 Å². The zero-order chi connectivity index (χ0) is 19.3. The van der Waals surface area contributed by atoms with Crippen molar-refractivity contribution < 1.29 is 14.3 Å². The van der Waals surface area contributed by atoms with Crippen LogP contribution in [0.2, 0.25) is 0 Å². The monoisotopic (exact) mass is 366 g/mol. The molecule has 28 heavy (non-hydrogen) atoms. The van der Waals surface area contributed by atoms with Crippen molar-refractivity contribution >= 4 is 33.3 Å². The molecule has 0 heterocycles. The van der Waals surface area contributed by atoms with E-state index < -0.39 is 5.97 Å². The molecule has 1 aliphatic rings. The van der Waals surface area contributed by atoms with Gasteiger partial charge in [-0.3, -0.25) is 4.79 Å². The minimum absolute atomic E-state index is 0.151. The largest absolute Gasteiger partial charge is 0.465 e. The Bertz CT molecular complexity index is 1270. The first-order chi connectivity index (χ1) is 13.7. The summed E-state index contributed by atoms with van der Waals surface area (Å²) < 4.78 is 4.96. The molecule has 1 aliphatic carbocycles. The minimum Gasteiger partial charge on any atom is -0.465 e. The van der Waals surface area contributed by atoms with Crippen LogP contribution in [0.1, 0.15) is 37.4 Å². The van der Waals surface area contributed by atoms with Crippen molar-refractivity contribution in [2.45, 2.75) is 12.8 Å². The van der Waals surface area contributed by atoms with E-state index in [-0.39, 0.29) is 5.78 Å². The van der Waals surface area contributed by atoms with Crippen LogP contribution in [0.3, 0.4) is 0 Å². The summed E-state index contributed by atoms with van der Waals surface area (Å²) in [5, 5.41) is 3.97. The Hall–Kier alpha value is -3.46. The zero-order valence-electron chi connectivity index (χ0n) is 15.5. The summed E-state index contributed by atoms with van der Waals surface area (Å²) in [6.45, 7) is 0. The highest BCUT2D eigenvalue weighted by molar-refractivity contribution is 6.21. The van der Waals surface area contributed by atoms with Crippen molar-refractivity contribution in [3.63, 3.8) is 0 Å². The molecule has 3 heteroatoms. The number of carbonyl (C=O) groups excluding carboxylic acids is 2. The predicted octanol–water partition coefficient (Wildman–Crippen LogP) is 5.11. The molecule has 0 unspecified atom stereocenters. The maximum Gasteiger partial charge on any atom is 0.338 e. The van der Waals surface area contributed by atoms with Gasteiger partial charge in [0.05, 0.1) is 12.7 Å². The lowest BCUT2D eigenvalue weighted by Crippen LogP contribution is -2.12. The van der Waals surface area contributed by atoms with Crippen LogP contribution >= 0.6 is 0 Å². The van der Waals surface area contributed by atoms with Gasteiger partial charge in [-0.15, -0.1) is 0 Å². The summed E-state index contributed by atoms with van der Waals surface area (Å²) in [4.78, 5) is 26.0. The van der Waals surface area contributed by atoms with Gasteiger partial charge < -0.3 is 4.74 Å². The second-order valence-electron chi connectivity index (χ2n) is 7.18. The zero-order valence-corrected chi connectivity index (χ0v) is 15.5. The highest BCUT2D eigenvalue weighted by Gasteiger charge is 2.24. The average Bonchev–Trinajstić information content (AvgIpc) is 3.17. The van der Waals surface area contributed by atoms with Gasteiger partial charge >= 0.3 is 5.97 Å². The number of aryl methyl sites for hydroxylation is 2. The summed E-state index contributed by atoms with van der Waals surface area (Å²) in [5.41, 5.74) is 3.88. The number of methoxy groups -OCH3 is 1. The summed E-state index contributed by atoms with van der Waals surface area (Å²) in [6.07, 6.45) is 2.02. The first-order valence-corrected chi connectivity index (χ1v) is 9.36. The van der Waals surface area contributed by atoms with E-state index in [0.717, 1.165) is 29.0 Å². The van der Waals surface area contributed by atoms with Gasteiger partial charge in [-0.2, -0.15) is 0 Å². The molecule has 0 fully saturated rings. The van der Waals surface area contributed by atoms with Gasteiger partial charge in [0.2, 0.25) is 0 Å². The maximum atomic E-state index is 13.6. The number of ketones is 1. The lowest BCUT2D eigenvalue weighted by atomic mass is 9.91. The van der Waals surface area contributed by atoms with E-state index in [1.54, 1.807) is 12.1 Å². The van der Waals surface area contributed by atoms with E-state index in [2.05, 4.69) is 6.07 Å². The minimum atomic E-state index is -0.500. The smallest absolute Gasteiger partial charge is 0.338 e. The van der Waals surface area contributed by atoms with Crippen molar-refractivity contribution in [3.8, 4) is 0 Å². The molecule has 0 N–H and O–H groups in total. The van der Waals surface area contributed by atoms with E-state index in [1.165, 1.54) is 23.6 Å². The van der Waals surface area contributed by atoms with Crippen molar-refractivity contribution in [2.75, 3.05) is 7.11 Å². The molecule has 0 saturated heterocycles. The van der Waals surface area contributed by atoms with Crippen molar-refractivity contribution in [3.05, 3.63) is 94.5 Å². The fourth-order valence-corrected chi connectivity index (χ4v) is 4.30. The number of rotatable bonds is 3. The molecule has 3 nitrogen and oxygen atoms in total. The van der Waals surface area contributed by atoms with Crippen LogP contribution in [-0.2, 0) is 17.6 Å². The highest BCUT2D eigenvalue weighted by Crippen LogP contribution is 2.34. The quantitative estimate of drug-likeness (QED) is 0.374. The first kappa shape index (κ1) is 16.7. The predicted molar refractivity (Wildman–Crippen MR) is 110 cm³/mol. The Morgan fingerprint density at radius 1 is 0.750 bits per heavy atom. The van der Waals surface area contributed by atoms with Crippen LogP contribution in [0.15, 0.2) is 66.7 Å². The molecule has 0 atom stereocenters. The number of benzene rings is 4. The number of hydrogen-bond acceptors (Lipinski definition) is 3. The Morgan fingerprint density at radius 2 is 1.43 bits per heavy atom.